The SMILES string of the molecule is Cc1nc2cnc(Nc3ccnc(NC[C@@](C)(CO)C(N)=O)n3)cc2n1C(C)C. The van der Waals surface area contributed by atoms with Gasteiger partial charge in [0, 0.05) is 24.8 Å². The summed E-state index contributed by atoms with van der Waals surface area (Å²) >= 11 is 0. The Morgan fingerprint density at radius 3 is 2.72 bits per heavy atom. The van der Waals surface area contributed by atoms with E-state index in [2.05, 4.69) is 49.0 Å². The van der Waals surface area contributed by atoms with Crippen LogP contribution in [-0.4, -0.2) is 48.7 Å². The van der Waals surface area contributed by atoms with E-state index in [1.165, 1.54) is 0 Å². The topological polar surface area (TPSA) is 144 Å². The molecule has 0 spiro atoms. The second-order valence-corrected chi connectivity index (χ2v) is 7.51. The van der Waals surface area contributed by atoms with Crippen LogP contribution in [0.15, 0.2) is 24.5 Å². The van der Waals surface area contributed by atoms with Gasteiger partial charge in [0.2, 0.25) is 11.9 Å². The summed E-state index contributed by atoms with van der Waals surface area (Å²) < 4.78 is 2.15. The number of hydrogen-bond donors (Lipinski definition) is 4. The lowest BCUT2D eigenvalue weighted by atomic mass is 9.91. The number of carbonyl (C=O) groups is 1. The molecule has 0 radical (unpaired) electrons. The second-order valence-electron chi connectivity index (χ2n) is 7.51. The van der Waals surface area contributed by atoms with Crippen molar-refractivity contribution >= 4 is 34.5 Å². The zero-order valence-electron chi connectivity index (χ0n) is 17.0. The van der Waals surface area contributed by atoms with Crippen molar-refractivity contribution in [2.75, 3.05) is 23.8 Å². The lowest BCUT2D eigenvalue weighted by molar-refractivity contribution is -0.128. The van der Waals surface area contributed by atoms with Gasteiger partial charge >= 0.3 is 0 Å². The molecule has 3 heterocycles. The average Bonchev–Trinajstić information content (AvgIpc) is 3.01. The van der Waals surface area contributed by atoms with Gasteiger partial charge in [0.1, 0.15) is 23.0 Å². The summed E-state index contributed by atoms with van der Waals surface area (Å²) in [5, 5.41) is 15.5. The van der Waals surface area contributed by atoms with Gasteiger partial charge in [-0.15, -0.1) is 0 Å². The summed E-state index contributed by atoms with van der Waals surface area (Å²) in [6, 6.07) is 3.91. The Hall–Kier alpha value is -3.27. The van der Waals surface area contributed by atoms with E-state index in [1.54, 1.807) is 25.4 Å². The molecule has 0 aromatic carbocycles. The van der Waals surface area contributed by atoms with Crippen molar-refractivity contribution < 1.29 is 9.90 Å². The number of nitrogens with zero attached hydrogens (tertiary/aromatic N) is 5. The number of imidazole rings is 1. The Labute approximate surface area is 168 Å². The Morgan fingerprint density at radius 2 is 2.07 bits per heavy atom. The molecule has 0 bridgehead atoms. The number of fused-ring (bicyclic) bond motifs is 1. The molecule has 1 atom stereocenters. The predicted molar refractivity (Wildman–Crippen MR) is 111 cm³/mol. The first-order chi connectivity index (χ1) is 13.7. The molecule has 0 aliphatic heterocycles. The molecule has 0 fully saturated rings. The van der Waals surface area contributed by atoms with Gasteiger partial charge < -0.3 is 26.0 Å². The fourth-order valence-electron chi connectivity index (χ4n) is 2.98. The van der Waals surface area contributed by atoms with Crippen molar-refractivity contribution in [2.24, 2.45) is 11.1 Å². The van der Waals surface area contributed by atoms with E-state index in [0.29, 0.717) is 17.6 Å². The van der Waals surface area contributed by atoms with Gasteiger partial charge in [-0.05, 0) is 33.8 Å². The fourth-order valence-corrected chi connectivity index (χ4v) is 2.98. The maximum atomic E-state index is 11.5. The number of anilines is 3. The summed E-state index contributed by atoms with van der Waals surface area (Å²) in [5.41, 5.74) is 6.07. The van der Waals surface area contributed by atoms with Crippen molar-refractivity contribution in [1.29, 1.82) is 0 Å². The van der Waals surface area contributed by atoms with E-state index >= 15 is 0 Å². The zero-order valence-corrected chi connectivity index (χ0v) is 17.0. The number of pyridine rings is 1. The summed E-state index contributed by atoms with van der Waals surface area (Å²) in [5.74, 6) is 1.80. The van der Waals surface area contributed by atoms with Crippen LogP contribution in [0, 0.1) is 12.3 Å². The van der Waals surface area contributed by atoms with Gasteiger partial charge in [0.25, 0.3) is 0 Å². The number of nitrogens with two attached hydrogens (primary N) is 1. The third-order valence-electron chi connectivity index (χ3n) is 4.76. The van der Waals surface area contributed by atoms with Crippen molar-refractivity contribution in [1.82, 2.24) is 24.5 Å². The molecule has 0 unspecified atom stereocenters. The van der Waals surface area contributed by atoms with Crippen LogP contribution < -0.4 is 16.4 Å². The molecule has 1 amide bonds. The Balaban J connectivity index is 1.80. The highest BCUT2D eigenvalue weighted by Crippen LogP contribution is 2.24. The largest absolute Gasteiger partial charge is 0.395 e. The highest BCUT2D eigenvalue weighted by molar-refractivity contribution is 5.81. The standard InChI is InChI=1S/C19H26N8O2/c1-11(2)27-12(3)24-13-8-22-16(7-14(13)27)25-15-5-6-21-18(26-15)23-9-19(4,10-28)17(20)29/h5-8,11,28H,9-10H2,1-4H3,(H2,20,29)(H2,21,22,23,25,26)/t19-/m0/s1. The molecule has 154 valence electrons. The number of aromatic nitrogens is 5. The van der Waals surface area contributed by atoms with Crippen molar-refractivity contribution in [3.63, 3.8) is 0 Å². The molecule has 0 saturated carbocycles. The lowest BCUT2D eigenvalue weighted by Crippen LogP contribution is -2.43. The monoisotopic (exact) mass is 398 g/mol. The maximum absolute atomic E-state index is 11.5. The van der Waals surface area contributed by atoms with Crippen molar-refractivity contribution in [2.45, 2.75) is 33.7 Å². The number of amides is 1. The average molecular weight is 398 g/mol. The number of carbonyl (C=O) groups excluding carboxylic acids is 1. The van der Waals surface area contributed by atoms with E-state index < -0.39 is 11.3 Å². The van der Waals surface area contributed by atoms with Crippen LogP contribution in [0.2, 0.25) is 0 Å². The lowest BCUT2D eigenvalue weighted by Gasteiger charge is -2.23. The van der Waals surface area contributed by atoms with Crippen LogP contribution >= 0.6 is 0 Å². The van der Waals surface area contributed by atoms with Crippen molar-refractivity contribution in [3.05, 3.63) is 30.4 Å². The molecule has 10 nitrogen and oxygen atoms in total. The molecule has 0 saturated heterocycles. The number of aliphatic hydroxyl groups is 1. The molecule has 3 rings (SSSR count). The summed E-state index contributed by atoms with van der Waals surface area (Å²) in [4.78, 5) is 29.0. The number of hydrogen-bond acceptors (Lipinski definition) is 8. The maximum Gasteiger partial charge on any atom is 0.227 e. The van der Waals surface area contributed by atoms with Gasteiger partial charge in [-0.25, -0.2) is 15.0 Å². The number of primary amides is 1. The molecule has 3 aromatic rings. The van der Waals surface area contributed by atoms with Crippen LogP contribution in [0.1, 0.15) is 32.6 Å². The van der Waals surface area contributed by atoms with Crippen LogP contribution in [0.3, 0.4) is 0 Å². The molecule has 0 aliphatic carbocycles. The number of rotatable bonds is 8. The van der Waals surface area contributed by atoms with E-state index in [-0.39, 0.29) is 19.2 Å². The summed E-state index contributed by atoms with van der Waals surface area (Å²) in [6.07, 6.45) is 3.31. The fraction of sp³-hybridized carbons (Fsp3) is 0.421. The van der Waals surface area contributed by atoms with E-state index in [9.17, 15) is 9.90 Å². The summed E-state index contributed by atoms with van der Waals surface area (Å²) in [7, 11) is 0. The third-order valence-corrected chi connectivity index (χ3v) is 4.76. The molecule has 10 heteroatoms. The van der Waals surface area contributed by atoms with Crippen LogP contribution in [0.25, 0.3) is 11.0 Å². The van der Waals surface area contributed by atoms with Gasteiger partial charge in [0.15, 0.2) is 0 Å². The predicted octanol–water partition coefficient (Wildman–Crippen LogP) is 1.75. The van der Waals surface area contributed by atoms with Gasteiger partial charge in [0.05, 0.1) is 23.7 Å². The first-order valence-corrected chi connectivity index (χ1v) is 9.33. The van der Waals surface area contributed by atoms with Crippen LogP contribution in [-0.2, 0) is 4.79 Å². The molecule has 29 heavy (non-hydrogen) atoms. The number of aryl methyl sites for hydroxylation is 1. The smallest absolute Gasteiger partial charge is 0.227 e. The first-order valence-electron chi connectivity index (χ1n) is 9.33. The van der Waals surface area contributed by atoms with Crippen molar-refractivity contribution in [3.8, 4) is 0 Å². The zero-order chi connectivity index (χ0) is 21.2. The highest BCUT2D eigenvalue weighted by atomic mass is 16.3. The Morgan fingerprint density at radius 1 is 1.31 bits per heavy atom. The van der Waals surface area contributed by atoms with E-state index in [4.69, 9.17) is 5.73 Å². The Bertz CT molecular complexity index is 1030. The molecule has 3 aromatic heterocycles. The van der Waals surface area contributed by atoms with Gasteiger partial charge in [-0.3, -0.25) is 4.79 Å². The normalized spacial score (nSPS) is 13.4. The van der Waals surface area contributed by atoms with Gasteiger partial charge in [-0.1, -0.05) is 0 Å². The quantitative estimate of drug-likeness (QED) is 0.449. The minimum absolute atomic E-state index is 0.110. The molecular weight excluding hydrogens is 372 g/mol. The van der Waals surface area contributed by atoms with E-state index in [0.717, 1.165) is 16.9 Å². The number of nitrogens with one attached hydrogen (secondary N) is 2. The molecular formula is C19H26N8O2. The molecule has 0 aliphatic rings. The summed E-state index contributed by atoms with van der Waals surface area (Å²) in [6.45, 7) is 7.50. The highest BCUT2D eigenvalue weighted by Gasteiger charge is 2.30. The number of aliphatic hydroxyl groups excluding tert-OH is 1. The third kappa shape index (κ3) is 4.27. The second kappa shape index (κ2) is 8.00. The van der Waals surface area contributed by atoms with Crippen LogP contribution in [0.5, 0.6) is 0 Å². The Kier molecular flexibility index (Phi) is 5.64. The minimum Gasteiger partial charge on any atom is -0.395 e. The minimum atomic E-state index is -1.10. The molecule has 5 N–H and O–H groups in total. The van der Waals surface area contributed by atoms with Gasteiger partial charge in [-0.2, -0.15) is 4.98 Å². The van der Waals surface area contributed by atoms with E-state index in [1.807, 2.05) is 13.0 Å². The first kappa shape index (κ1) is 20.5. The van der Waals surface area contributed by atoms with Crippen LogP contribution in [0.4, 0.5) is 17.6 Å².